The van der Waals surface area contributed by atoms with E-state index in [1.54, 1.807) is 64.2 Å². The zero-order valence-electron chi connectivity index (χ0n) is 40.5. The van der Waals surface area contributed by atoms with Gasteiger partial charge in [-0.25, -0.2) is 0 Å². The maximum absolute atomic E-state index is 14.7. The highest BCUT2D eigenvalue weighted by molar-refractivity contribution is 9.10. The first-order chi connectivity index (χ1) is 34.4. The molecule has 1 aromatic heterocycles. The van der Waals surface area contributed by atoms with Gasteiger partial charge in [-0.3, -0.25) is 43.4 Å². The first-order valence-electron chi connectivity index (χ1n) is 23.7. The number of carbonyl (C=O) groups is 7. The fourth-order valence-electron chi connectivity index (χ4n) is 8.96. The highest BCUT2D eigenvalue weighted by Gasteiger charge is 2.51. The van der Waals surface area contributed by atoms with E-state index in [1.165, 1.54) is 26.8 Å². The Labute approximate surface area is 433 Å². The standard InChI is InChI=1S/C51H56BrF2N6O11PS/c1-50(2,3)44(57-46(64)41-25-31-24-32(15-21-40(31)73-41)51(53,54)72(68,69)70)49(67)59-27-35(26-39(59)48(66)58(4)34-18-16-33(52)17-19-34)71-29-43(62)55-23-10-8-6-5-7-9-12-30-13-11-14-36-37(30)28-60(47(36)65)38-20-22-42(61)56-45(38)63/h11,13-19,21,24-25,35,38-39,44H,5-8,10,20,22-23,26-29H2,1-4H3,(H,55,62)(H,57,64)(H,56,61,63)(H2,68,69,70)/t35-,38?,39+,44-/m1/s1. The topological polar surface area (TPSA) is 232 Å². The van der Waals surface area contributed by atoms with Crippen LogP contribution in [0.4, 0.5) is 14.5 Å². The number of alkyl halides is 2. The molecule has 0 bridgehead atoms. The van der Waals surface area contributed by atoms with Crippen LogP contribution < -0.4 is 20.9 Å². The largest absolute Gasteiger partial charge is 0.399 e. The van der Waals surface area contributed by atoms with Gasteiger partial charge >= 0.3 is 13.3 Å². The highest BCUT2D eigenvalue weighted by Crippen LogP contribution is 2.59. The SMILES string of the molecule is CN(C(=O)[C@@H]1C[C@@H](OCC(=O)NCCCCCCC#Cc2cccc3c2CN(C2CCC(=O)NC2=O)C3=O)CN1C(=O)[C@@H](NC(=O)c1cc2cc(C(F)(F)P(=O)(O)O)ccc2s1)C(C)(C)C)c1ccc(Br)cc1. The molecule has 0 aliphatic carbocycles. The number of likely N-dealkylation sites (tertiary alicyclic amines) is 1. The van der Waals surface area contributed by atoms with Crippen LogP contribution in [0.25, 0.3) is 10.1 Å². The zero-order chi connectivity index (χ0) is 53.0. The molecule has 388 valence electrons. The average Bonchev–Trinajstić information content (AvgIpc) is 4.06. The molecule has 73 heavy (non-hydrogen) atoms. The lowest BCUT2D eigenvalue weighted by molar-refractivity contribution is -0.141. The fraction of sp³-hybridized carbons (Fsp3) is 0.431. The van der Waals surface area contributed by atoms with E-state index in [0.717, 1.165) is 58.3 Å². The maximum Gasteiger partial charge on any atom is 0.399 e. The van der Waals surface area contributed by atoms with Gasteiger partial charge in [-0.1, -0.05) is 73.5 Å². The molecule has 4 atom stereocenters. The van der Waals surface area contributed by atoms with Crippen molar-refractivity contribution in [1.29, 1.82) is 0 Å². The van der Waals surface area contributed by atoms with Gasteiger partial charge in [-0.05, 0) is 90.2 Å². The Morgan fingerprint density at radius 3 is 2.44 bits per heavy atom. The predicted octanol–water partition coefficient (Wildman–Crippen LogP) is 6.56. The van der Waals surface area contributed by atoms with Gasteiger partial charge in [0, 0.05) is 77.5 Å². The van der Waals surface area contributed by atoms with E-state index in [2.05, 4.69) is 43.7 Å². The molecular formula is C51H56BrF2N6O11PS. The van der Waals surface area contributed by atoms with E-state index >= 15 is 0 Å². The number of nitrogens with one attached hydrogen (secondary N) is 3. The average molecular weight is 1110 g/mol. The molecule has 3 aliphatic rings. The fourth-order valence-corrected chi connectivity index (χ4v) is 10.6. The van der Waals surface area contributed by atoms with Crippen LogP contribution in [0, 0.1) is 17.3 Å². The van der Waals surface area contributed by atoms with E-state index in [0.29, 0.717) is 35.3 Å². The third-order valence-corrected chi connectivity index (χ3v) is 15.7. The lowest BCUT2D eigenvalue weighted by Gasteiger charge is -2.36. The van der Waals surface area contributed by atoms with Crippen LogP contribution >= 0.6 is 34.9 Å². The van der Waals surface area contributed by atoms with Crippen molar-refractivity contribution < 1.29 is 61.4 Å². The summed E-state index contributed by atoms with van der Waals surface area (Å²) in [5.74, 6) is 3.20. The van der Waals surface area contributed by atoms with Gasteiger partial charge in [0.15, 0.2) is 0 Å². The molecule has 2 saturated heterocycles. The molecule has 0 spiro atoms. The predicted molar refractivity (Wildman–Crippen MR) is 271 cm³/mol. The van der Waals surface area contributed by atoms with E-state index in [-0.39, 0.29) is 66.9 Å². The Balaban J connectivity index is 0.917. The number of fused-ring (bicyclic) bond motifs is 2. The van der Waals surface area contributed by atoms with Crippen LogP contribution in [0.3, 0.4) is 0 Å². The minimum absolute atomic E-state index is 0.0464. The second kappa shape index (κ2) is 22.7. The summed E-state index contributed by atoms with van der Waals surface area (Å²) in [4.78, 5) is 116. The van der Waals surface area contributed by atoms with Crippen molar-refractivity contribution in [2.75, 3.05) is 31.6 Å². The number of piperidine rings is 1. The van der Waals surface area contributed by atoms with Gasteiger partial charge in [0.1, 0.15) is 24.7 Å². The lowest BCUT2D eigenvalue weighted by atomic mass is 9.85. The molecule has 1 unspecified atom stereocenters. The Morgan fingerprint density at radius 1 is 1.01 bits per heavy atom. The molecule has 0 radical (unpaired) electrons. The van der Waals surface area contributed by atoms with E-state index in [1.807, 2.05) is 6.07 Å². The van der Waals surface area contributed by atoms with E-state index < -0.39 is 72.1 Å². The number of nitrogens with zero attached hydrogens (tertiary/aromatic N) is 3. The van der Waals surface area contributed by atoms with Gasteiger partial charge in [0.05, 0.1) is 11.0 Å². The highest BCUT2D eigenvalue weighted by atomic mass is 79.9. The summed E-state index contributed by atoms with van der Waals surface area (Å²) in [6, 6.07) is 13.7. The summed E-state index contributed by atoms with van der Waals surface area (Å²) in [5.41, 5.74) is -3.74. The van der Waals surface area contributed by atoms with Crippen molar-refractivity contribution >= 4 is 92.0 Å². The minimum Gasteiger partial charge on any atom is -0.366 e. The number of halogens is 3. The summed E-state index contributed by atoms with van der Waals surface area (Å²) in [7, 11) is -4.27. The van der Waals surface area contributed by atoms with Crippen LogP contribution in [0.1, 0.15) is 109 Å². The van der Waals surface area contributed by atoms with Gasteiger partial charge in [-0.15, -0.1) is 11.3 Å². The molecule has 0 saturated carbocycles. The second-order valence-corrected chi connectivity index (χ2v) is 23.0. The Hall–Kier alpha value is -5.88. The molecule has 3 aromatic carbocycles. The Morgan fingerprint density at radius 2 is 1.74 bits per heavy atom. The number of imide groups is 1. The molecule has 2 fully saturated rings. The number of benzene rings is 3. The number of anilines is 1. The number of rotatable bonds is 17. The van der Waals surface area contributed by atoms with E-state index in [4.69, 9.17) is 4.74 Å². The van der Waals surface area contributed by atoms with Gasteiger partial charge < -0.3 is 39.9 Å². The number of likely N-dealkylation sites (N-methyl/N-ethyl adjacent to an activating group) is 1. The number of carbonyl (C=O) groups excluding carboxylic acids is 7. The first kappa shape index (κ1) is 54.9. The molecule has 3 aliphatic heterocycles. The van der Waals surface area contributed by atoms with Crippen molar-refractivity contribution in [2.45, 2.75) is 109 Å². The van der Waals surface area contributed by atoms with Gasteiger partial charge in [0.2, 0.25) is 29.5 Å². The summed E-state index contributed by atoms with van der Waals surface area (Å²) >= 11 is 4.34. The third-order valence-electron chi connectivity index (χ3n) is 13.0. The second-order valence-electron chi connectivity index (χ2n) is 19.3. The van der Waals surface area contributed by atoms with Crippen LogP contribution in [-0.2, 0) is 45.5 Å². The van der Waals surface area contributed by atoms with Crippen molar-refractivity contribution in [3.63, 3.8) is 0 Å². The van der Waals surface area contributed by atoms with Crippen LogP contribution in [0.15, 0.2) is 71.2 Å². The maximum atomic E-state index is 14.7. The van der Waals surface area contributed by atoms with Crippen LogP contribution in [0.2, 0.25) is 0 Å². The van der Waals surface area contributed by atoms with Crippen molar-refractivity contribution in [1.82, 2.24) is 25.8 Å². The van der Waals surface area contributed by atoms with Crippen molar-refractivity contribution in [3.05, 3.63) is 98.3 Å². The summed E-state index contributed by atoms with van der Waals surface area (Å²) in [5, 5.41) is 8.10. The molecule has 5 N–H and O–H groups in total. The summed E-state index contributed by atoms with van der Waals surface area (Å²) < 4.78 is 47.8. The van der Waals surface area contributed by atoms with Crippen LogP contribution in [-0.4, -0.2) is 112 Å². The normalized spacial score (nSPS) is 18.5. The third kappa shape index (κ3) is 12.7. The smallest absolute Gasteiger partial charge is 0.366 e. The lowest BCUT2D eigenvalue weighted by Crippen LogP contribution is -2.57. The van der Waals surface area contributed by atoms with Crippen LogP contribution in [0.5, 0.6) is 0 Å². The summed E-state index contributed by atoms with van der Waals surface area (Å²) in [6.07, 6.45) is 3.58. The summed E-state index contributed by atoms with van der Waals surface area (Å²) in [6.45, 7) is 5.42. The van der Waals surface area contributed by atoms with Crippen molar-refractivity contribution in [3.8, 4) is 11.8 Å². The van der Waals surface area contributed by atoms with E-state index in [9.17, 15) is 56.7 Å². The minimum atomic E-state index is -5.85. The van der Waals surface area contributed by atoms with Gasteiger partial charge in [-0.2, -0.15) is 8.78 Å². The molecular weight excluding hydrogens is 1050 g/mol. The molecule has 4 aromatic rings. The molecule has 22 heteroatoms. The number of thiophene rings is 1. The first-order valence-corrected chi connectivity index (χ1v) is 26.9. The molecule has 7 amide bonds. The number of unbranched alkanes of at least 4 members (excludes halogenated alkanes) is 4. The number of hydrogen-bond acceptors (Lipinski definition) is 10. The Kier molecular flexibility index (Phi) is 17.1. The zero-order valence-corrected chi connectivity index (χ0v) is 43.8. The number of amides is 7. The number of hydrogen-bond donors (Lipinski definition) is 5. The quantitative estimate of drug-likeness (QED) is 0.0329. The monoisotopic (exact) mass is 1110 g/mol. The molecule has 7 rings (SSSR count). The van der Waals surface area contributed by atoms with Crippen molar-refractivity contribution in [2.24, 2.45) is 5.41 Å². The molecule has 17 nitrogen and oxygen atoms in total. The molecule has 4 heterocycles. The Bertz CT molecular complexity index is 2930. The number of ether oxygens (including phenoxy) is 1. The van der Waals surface area contributed by atoms with Gasteiger partial charge in [0.25, 0.3) is 11.8 Å².